The highest BCUT2D eigenvalue weighted by Gasteiger charge is 2.61. The van der Waals surface area contributed by atoms with Crippen molar-refractivity contribution in [2.75, 3.05) is 0 Å². The Hall–Kier alpha value is -2.50. The third kappa shape index (κ3) is 4.32. The Morgan fingerprint density at radius 1 is 1.18 bits per heavy atom. The van der Waals surface area contributed by atoms with Crippen molar-refractivity contribution in [1.82, 2.24) is 0 Å². The third-order valence-electron chi connectivity index (χ3n) is 8.38. The molecule has 2 fully saturated rings. The Bertz CT molecular complexity index is 1050. The molecule has 0 heterocycles. The normalized spacial score (nSPS) is 37.2. The lowest BCUT2D eigenvalue weighted by atomic mass is 9.77. The molecule has 0 bridgehead atoms. The average Bonchev–Trinajstić information content (AvgIpc) is 3.22. The Morgan fingerprint density at radius 3 is 2.53 bits per heavy atom. The molecule has 0 saturated heterocycles. The van der Waals surface area contributed by atoms with E-state index in [4.69, 9.17) is 4.74 Å². The largest absolute Gasteiger partial charge is 0.454 e. The van der Waals surface area contributed by atoms with Gasteiger partial charge in [-0.2, -0.15) is 0 Å². The number of benzene rings is 1. The molecule has 0 spiro atoms. The van der Waals surface area contributed by atoms with Gasteiger partial charge in [-0.05, 0) is 72.6 Å². The number of ether oxygens (including phenoxy) is 1. The summed E-state index contributed by atoms with van der Waals surface area (Å²) >= 11 is 0. The maximum Gasteiger partial charge on any atom is 0.331 e. The van der Waals surface area contributed by atoms with Gasteiger partial charge in [-0.15, -0.1) is 0 Å². The van der Waals surface area contributed by atoms with E-state index in [0.717, 1.165) is 17.6 Å². The molecule has 0 radical (unpaired) electrons. The predicted octanol–water partition coefficient (Wildman–Crippen LogP) is 4.50. The van der Waals surface area contributed by atoms with Crippen LogP contribution in [0.15, 0.2) is 59.7 Å². The molecular weight excluding hydrogens is 428 g/mol. The van der Waals surface area contributed by atoms with Gasteiger partial charge in [-0.25, -0.2) is 4.79 Å². The van der Waals surface area contributed by atoms with E-state index in [1.165, 1.54) is 6.08 Å². The second-order valence-corrected chi connectivity index (χ2v) is 11.0. The van der Waals surface area contributed by atoms with Crippen LogP contribution in [-0.4, -0.2) is 39.8 Å². The molecule has 0 aromatic heterocycles. The van der Waals surface area contributed by atoms with Crippen molar-refractivity contribution < 1.29 is 24.5 Å². The average molecular weight is 465 g/mol. The Balaban J connectivity index is 1.71. The molecule has 7 atom stereocenters. The first-order valence-corrected chi connectivity index (χ1v) is 12.2. The number of Topliss-reactive ketones (excluding diaryl/α,β-unsaturated/α-hetero) is 1. The maximum absolute atomic E-state index is 13.6. The molecule has 7 unspecified atom stereocenters. The Kier molecular flexibility index (Phi) is 6.47. The summed E-state index contributed by atoms with van der Waals surface area (Å²) in [6.45, 7) is 9.82. The first-order valence-electron chi connectivity index (χ1n) is 12.2. The van der Waals surface area contributed by atoms with Gasteiger partial charge in [-0.3, -0.25) is 4.79 Å². The van der Waals surface area contributed by atoms with Crippen molar-refractivity contribution in [2.45, 2.75) is 65.3 Å². The van der Waals surface area contributed by atoms with Crippen LogP contribution in [0.4, 0.5) is 0 Å². The summed E-state index contributed by atoms with van der Waals surface area (Å²) in [6, 6.07) is 9.42. The topological polar surface area (TPSA) is 83.8 Å². The van der Waals surface area contributed by atoms with Gasteiger partial charge < -0.3 is 14.9 Å². The van der Waals surface area contributed by atoms with E-state index in [1.807, 2.05) is 50.3 Å². The fourth-order valence-corrected chi connectivity index (χ4v) is 6.08. The molecule has 1 aromatic rings. The smallest absolute Gasteiger partial charge is 0.331 e. The molecule has 0 amide bonds. The van der Waals surface area contributed by atoms with Crippen LogP contribution in [0.3, 0.4) is 0 Å². The van der Waals surface area contributed by atoms with Crippen molar-refractivity contribution in [3.05, 3.63) is 65.3 Å². The Labute approximate surface area is 202 Å². The number of carbonyl (C=O) groups is 2. The van der Waals surface area contributed by atoms with Crippen LogP contribution in [0.2, 0.25) is 0 Å². The SMILES string of the molecule is CC1=CC2C(CC=C(C)C(OC(=O)C=Cc3ccccc3)C3C(O)C(C)CC3(O)C1=O)C2(C)C. The van der Waals surface area contributed by atoms with Crippen molar-refractivity contribution in [2.24, 2.45) is 29.1 Å². The van der Waals surface area contributed by atoms with Gasteiger partial charge in [-0.1, -0.05) is 63.3 Å². The zero-order chi connectivity index (χ0) is 24.8. The van der Waals surface area contributed by atoms with Gasteiger partial charge in [0.2, 0.25) is 0 Å². The minimum Gasteiger partial charge on any atom is -0.454 e. The molecule has 5 heteroatoms. The van der Waals surface area contributed by atoms with Gasteiger partial charge in [0.15, 0.2) is 5.78 Å². The van der Waals surface area contributed by atoms with Crippen molar-refractivity contribution in [3.8, 4) is 0 Å². The summed E-state index contributed by atoms with van der Waals surface area (Å²) in [5.41, 5.74) is 0.390. The van der Waals surface area contributed by atoms with E-state index < -0.39 is 29.7 Å². The van der Waals surface area contributed by atoms with Crippen LogP contribution in [0.5, 0.6) is 0 Å². The number of esters is 1. The number of aliphatic hydroxyl groups excluding tert-OH is 1. The number of ketones is 1. The summed E-state index contributed by atoms with van der Waals surface area (Å²) in [4.78, 5) is 26.4. The molecule has 4 rings (SSSR count). The highest BCUT2D eigenvalue weighted by atomic mass is 16.5. The van der Waals surface area contributed by atoms with Crippen LogP contribution in [-0.2, 0) is 14.3 Å². The molecule has 182 valence electrons. The zero-order valence-corrected chi connectivity index (χ0v) is 20.7. The molecule has 0 aliphatic heterocycles. The number of hydrogen-bond acceptors (Lipinski definition) is 5. The number of carbonyl (C=O) groups excluding carboxylic acids is 2. The highest BCUT2D eigenvalue weighted by molar-refractivity contribution is 6.02. The van der Waals surface area contributed by atoms with Gasteiger partial charge in [0.1, 0.15) is 11.7 Å². The standard InChI is InChI=1S/C29H36O5/c1-17-11-13-21-22(28(21,4)5)15-18(2)27(32)29(33)16-19(3)25(31)24(29)26(17)34-23(30)14-12-20-9-7-6-8-10-20/h6-12,14-15,19,21-22,24-26,31,33H,13,16H2,1-5H3. The van der Waals surface area contributed by atoms with Crippen LogP contribution in [0.25, 0.3) is 6.08 Å². The number of aliphatic hydroxyl groups is 2. The maximum atomic E-state index is 13.6. The number of hydrogen-bond donors (Lipinski definition) is 2. The minimum absolute atomic E-state index is 0.0621. The molecule has 5 nitrogen and oxygen atoms in total. The summed E-state index contributed by atoms with van der Waals surface area (Å²) < 4.78 is 5.89. The molecule has 2 N–H and O–H groups in total. The first kappa shape index (κ1) is 24.6. The minimum atomic E-state index is -1.80. The van der Waals surface area contributed by atoms with E-state index in [9.17, 15) is 19.8 Å². The lowest BCUT2D eigenvalue weighted by Gasteiger charge is -2.36. The van der Waals surface area contributed by atoms with Gasteiger partial charge in [0.25, 0.3) is 0 Å². The molecule has 3 aliphatic rings. The summed E-state index contributed by atoms with van der Waals surface area (Å²) in [5, 5.41) is 22.9. The van der Waals surface area contributed by atoms with Gasteiger partial charge in [0, 0.05) is 6.08 Å². The fraction of sp³-hybridized carbons (Fsp3) is 0.517. The molecule has 34 heavy (non-hydrogen) atoms. The van der Waals surface area contributed by atoms with E-state index in [2.05, 4.69) is 19.9 Å². The fourth-order valence-electron chi connectivity index (χ4n) is 6.08. The monoisotopic (exact) mass is 464 g/mol. The quantitative estimate of drug-likeness (QED) is 0.391. The second-order valence-electron chi connectivity index (χ2n) is 11.0. The summed E-state index contributed by atoms with van der Waals surface area (Å²) in [5.74, 6) is -1.58. The van der Waals surface area contributed by atoms with Crippen LogP contribution in [0, 0.1) is 29.1 Å². The number of allylic oxidation sites excluding steroid dienone is 2. The molecule has 1 aromatic carbocycles. The van der Waals surface area contributed by atoms with E-state index in [1.54, 1.807) is 13.0 Å². The summed E-state index contributed by atoms with van der Waals surface area (Å²) in [6.07, 6.45) is 6.09. The summed E-state index contributed by atoms with van der Waals surface area (Å²) in [7, 11) is 0. The lowest BCUT2D eigenvalue weighted by Crippen LogP contribution is -2.52. The third-order valence-corrected chi connectivity index (χ3v) is 8.38. The highest BCUT2D eigenvalue weighted by Crippen LogP contribution is 2.61. The second kappa shape index (κ2) is 8.94. The number of rotatable bonds is 3. The van der Waals surface area contributed by atoms with Gasteiger partial charge >= 0.3 is 5.97 Å². The van der Waals surface area contributed by atoms with Crippen molar-refractivity contribution in [1.29, 1.82) is 0 Å². The zero-order valence-electron chi connectivity index (χ0n) is 20.7. The van der Waals surface area contributed by atoms with E-state index >= 15 is 0 Å². The van der Waals surface area contributed by atoms with Crippen LogP contribution < -0.4 is 0 Å². The molecule has 3 aliphatic carbocycles. The first-order chi connectivity index (χ1) is 16.0. The van der Waals surface area contributed by atoms with Crippen LogP contribution >= 0.6 is 0 Å². The van der Waals surface area contributed by atoms with E-state index in [-0.39, 0.29) is 29.5 Å². The van der Waals surface area contributed by atoms with Crippen molar-refractivity contribution >= 4 is 17.8 Å². The van der Waals surface area contributed by atoms with Gasteiger partial charge in [0.05, 0.1) is 12.0 Å². The van der Waals surface area contributed by atoms with Crippen molar-refractivity contribution in [3.63, 3.8) is 0 Å². The molecular formula is C29H36O5. The number of fused-ring (bicyclic) bond motifs is 2. The van der Waals surface area contributed by atoms with E-state index in [0.29, 0.717) is 11.5 Å². The van der Waals surface area contributed by atoms with Crippen LogP contribution in [0.1, 0.15) is 53.0 Å². The lowest BCUT2D eigenvalue weighted by molar-refractivity contribution is -0.158. The Morgan fingerprint density at radius 2 is 1.85 bits per heavy atom. The predicted molar refractivity (Wildman–Crippen MR) is 131 cm³/mol. The molecule has 2 saturated carbocycles.